The predicted molar refractivity (Wildman–Crippen MR) is 167 cm³/mol. The maximum absolute atomic E-state index is 17.0. The van der Waals surface area contributed by atoms with Crippen molar-refractivity contribution in [2.75, 3.05) is 37.7 Å². The molecule has 2 aromatic heterocycles. The van der Waals surface area contributed by atoms with Crippen LogP contribution in [0.3, 0.4) is 0 Å². The summed E-state index contributed by atoms with van der Waals surface area (Å²) in [5.41, 5.74) is 1.73. The third-order valence-corrected chi connectivity index (χ3v) is 10.5. The van der Waals surface area contributed by atoms with Gasteiger partial charge in [-0.3, -0.25) is 4.90 Å². The first-order chi connectivity index (χ1) is 21.5. The van der Waals surface area contributed by atoms with E-state index in [4.69, 9.17) is 19.4 Å². The van der Waals surface area contributed by atoms with Gasteiger partial charge in [-0.1, -0.05) is 25.8 Å². The fourth-order valence-corrected chi connectivity index (χ4v) is 8.32. The van der Waals surface area contributed by atoms with Crippen LogP contribution in [0.2, 0.25) is 0 Å². The molecule has 0 spiro atoms. The zero-order valence-electron chi connectivity index (χ0n) is 25.2. The van der Waals surface area contributed by atoms with Crippen molar-refractivity contribution < 1.29 is 23.4 Å². The third-order valence-electron chi connectivity index (χ3n) is 10.5. The molecule has 7 nitrogen and oxygen atoms in total. The van der Waals surface area contributed by atoms with E-state index in [9.17, 15) is 5.11 Å². The Balaban J connectivity index is 1.34. The summed E-state index contributed by atoms with van der Waals surface area (Å²) in [4.78, 5) is 14.5. The van der Waals surface area contributed by atoms with Crippen LogP contribution in [0.5, 0.6) is 17.5 Å². The first kappa shape index (κ1) is 27.8. The van der Waals surface area contributed by atoms with Crippen molar-refractivity contribution in [3.8, 4) is 28.8 Å². The van der Waals surface area contributed by atoms with Crippen molar-refractivity contribution in [3.63, 3.8) is 0 Å². The van der Waals surface area contributed by atoms with E-state index in [1.165, 1.54) is 12.1 Å². The first-order valence-electron chi connectivity index (χ1n) is 16.2. The summed E-state index contributed by atoms with van der Waals surface area (Å²) in [6, 6.07) is 8.10. The summed E-state index contributed by atoms with van der Waals surface area (Å²) in [5.74, 6) is -0.356. The van der Waals surface area contributed by atoms with Crippen LogP contribution < -0.4 is 14.4 Å². The molecule has 6 heterocycles. The summed E-state index contributed by atoms with van der Waals surface area (Å²) in [5, 5.41) is 12.4. The molecule has 0 radical (unpaired) electrons. The van der Waals surface area contributed by atoms with Crippen LogP contribution >= 0.6 is 0 Å². The van der Waals surface area contributed by atoms with E-state index < -0.39 is 5.82 Å². The second kappa shape index (κ2) is 10.7. The Labute approximate surface area is 255 Å². The summed E-state index contributed by atoms with van der Waals surface area (Å²) in [6.45, 7) is 5.83. The zero-order chi connectivity index (χ0) is 30.0. The lowest BCUT2D eigenvalue weighted by molar-refractivity contribution is 0.111. The summed E-state index contributed by atoms with van der Waals surface area (Å²) in [6.07, 6.45) is 9.18. The number of aromatic hydroxyl groups is 1. The molecular weight excluding hydrogens is 562 g/mol. The molecule has 3 saturated heterocycles. The number of phenolic OH excluding ortho intramolecular Hbond substituents is 1. The number of nitrogens with zero attached hydrogens (tertiary/aromatic N) is 4. The number of rotatable bonds is 5. The topological polar surface area (TPSA) is 71.0 Å². The van der Waals surface area contributed by atoms with Crippen molar-refractivity contribution in [3.05, 3.63) is 47.5 Å². The highest BCUT2D eigenvalue weighted by molar-refractivity contribution is 6.04. The van der Waals surface area contributed by atoms with E-state index in [1.807, 2.05) is 13.0 Å². The van der Waals surface area contributed by atoms with Crippen molar-refractivity contribution in [1.29, 1.82) is 0 Å². The molecule has 3 fully saturated rings. The van der Waals surface area contributed by atoms with Crippen LogP contribution in [0, 0.1) is 11.6 Å². The van der Waals surface area contributed by atoms with Crippen LogP contribution in [0.1, 0.15) is 63.9 Å². The molecule has 0 saturated carbocycles. The second-order valence-electron chi connectivity index (χ2n) is 13.0. The minimum atomic E-state index is -0.632. The number of halogens is 2. The summed E-state index contributed by atoms with van der Waals surface area (Å²) >= 11 is 0. The molecule has 0 bridgehead atoms. The average Bonchev–Trinajstić information content (AvgIpc) is 3.46. The molecular formula is C35H38F2N4O3. The van der Waals surface area contributed by atoms with Gasteiger partial charge in [0.25, 0.3) is 0 Å². The Kier molecular flexibility index (Phi) is 6.77. The lowest BCUT2D eigenvalue weighted by atomic mass is 9.94. The molecule has 4 aliphatic rings. The molecule has 1 atom stereocenters. The molecule has 4 aliphatic heterocycles. The second-order valence-corrected chi connectivity index (χ2v) is 13.0. The Hall–Kier alpha value is -3.72. The van der Waals surface area contributed by atoms with Crippen molar-refractivity contribution in [2.45, 2.75) is 76.3 Å². The average molecular weight is 601 g/mol. The molecule has 4 aromatic rings. The third kappa shape index (κ3) is 4.37. The van der Waals surface area contributed by atoms with Gasteiger partial charge in [-0.2, -0.15) is 0 Å². The highest BCUT2D eigenvalue weighted by Gasteiger charge is 2.45. The van der Waals surface area contributed by atoms with Gasteiger partial charge in [0.1, 0.15) is 36.0 Å². The van der Waals surface area contributed by atoms with E-state index in [0.29, 0.717) is 58.7 Å². The number of aromatic nitrogens is 2. The van der Waals surface area contributed by atoms with Crippen molar-refractivity contribution in [2.24, 2.45) is 0 Å². The molecule has 1 unspecified atom stereocenters. The number of hydrogen-bond donors (Lipinski definition) is 1. The van der Waals surface area contributed by atoms with E-state index >= 15 is 8.78 Å². The number of phenols is 1. The van der Waals surface area contributed by atoms with Gasteiger partial charge >= 0.3 is 0 Å². The van der Waals surface area contributed by atoms with Crippen molar-refractivity contribution in [1.82, 2.24) is 14.9 Å². The van der Waals surface area contributed by atoms with E-state index in [2.05, 4.69) is 9.80 Å². The number of anilines is 1. The standard InChI is InChI=1S/C35H38F2N4O3/c1-2-24-26(36)10-9-21-16-23(42)17-25(29(21)24)32-31(37)33-30-27(41-15-5-3-4-8-22(41)19-43-34(30)39-32)18-28(38-33)44-20-35-11-6-13-40(35)14-7-12-35/h9-10,16-18,22,42H,2-8,11-15,19-20H2,1H3. The lowest BCUT2D eigenvalue weighted by Gasteiger charge is -2.32. The predicted octanol–water partition coefficient (Wildman–Crippen LogP) is 7.14. The quantitative estimate of drug-likeness (QED) is 0.261. The minimum Gasteiger partial charge on any atom is -0.508 e. The largest absolute Gasteiger partial charge is 0.508 e. The van der Waals surface area contributed by atoms with Gasteiger partial charge in [0.15, 0.2) is 5.82 Å². The number of benzene rings is 2. The highest BCUT2D eigenvalue weighted by Crippen LogP contribution is 2.46. The molecule has 230 valence electrons. The number of hydrogen-bond acceptors (Lipinski definition) is 7. The van der Waals surface area contributed by atoms with Gasteiger partial charge in [-0.25, -0.2) is 18.7 Å². The first-order valence-corrected chi connectivity index (χ1v) is 16.2. The van der Waals surface area contributed by atoms with Gasteiger partial charge < -0.3 is 19.5 Å². The Morgan fingerprint density at radius 3 is 2.66 bits per heavy atom. The SMILES string of the molecule is CCc1c(F)ccc2cc(O)cc(-c3nc4c5c(cc(OCC67CCCN6CCC7)nc5c3F)N3CCCCCC3CO4)c12. The molecule has 0 amide bonds. The smallest absolute Gasteiger partial charge is 0.225 e. The molecule has 0 aliphatic carbocycles. The van der Waals surface area contributed by atoms with Crippen LogP contribution in [0.25, 0.3) is 32.9 Å². The fraction of sp³-hybridized carbons (Fsp3) is 0.486. The Morgan fingerprint density at radius 2 is 1.84 bits per heavy atom. The molecule has 9 heteroatoms. The van der Waals surface area contributed by atoms with Crippen LogP contribution in [0.4, 0.5) is 14.5 Å². The normalized spacial score (nSPS) is 21.2. The van der Waals surface area contributed by atoms with Gasteiger partial charge in [0.05, 0.1) is 22.7 Å². The summed E-state index contributed by atoms with van der Waals surface area (Å²) < 4.78 is 44.9. The van der Waals surface area contributed by atoms with Crippen molar-refractivity contribution >= 4 is 27.4 Å². The van der Waals surface area contributed by atoms with E-state index in [0.717, 1.165) is 76.7 Å². The lowest BCUT2D eigenvalue weighted by Crippen LogP contribution is -2.43. The van der Waals surface area contributed by atoms with Gasteiger partial charge in [-0.05, 0) is 92.6 Å². The van der Waals surface area contributed by atoms with Crippen LogP contribution in [-0.2, 0) is 6.42 Å². The van der Waals surface area contributed by atoms with Gasteiger partial charge in [0.2, 0.25) is 11.8 Å². The minimum absolute atomic E-state index is 0.0160. The Bertz CT molecular complexity index is 1770. The van der Waals surface area contributed by atoms with E-state index in [-0.39, 0.29) is 34.4 Å². The van der Waals surface area contributed by atoms with Gasteiger partial charge in [0, 0.05) is 18.2 Å². The Morgan fingerprint density at radius 1 is 1.00 bits per heavy atom. The number of aryl methyl sites for hydroxylation is 1. The van der Waals surface area contributed by atoms with Crippen LogP contribution in [0.15, 0.2) is 30.3 Å². The number of ether oxygens (including phenoxy) is 2. The monoisotopic (exact) mass is 600 g/mol. The summed E-state index contributed by atoms with van der Waals surface area (Å²) in [7, 11) is 0. The number of pyridine rings is 2. The maximum atomic E-state index is 17.0. The van der Waals surface area contributed by atoms with Gasteiger partial charge in [-0.15, -0.1) is 0 Å². The molecule has 8 rings (SSSR count). The molecule has 1 N–H and O–H groups in total. The number of fused-ring (bicyclic) bond motifs is 4. The zero-order valence-corrected chi connectivity index (χ0v) is 25.2. The van der Waals surface area contributed by atoms with E-state index in [1.54, 1.807) is 12.1 Å². The molecule has 44 heavy (non-hydrogen) atoms. The highest BCUT2D eigenvalue weighted by atomic mass is 19.1. The maximum Gasteiger partial charge on any atom is 0.225 e. The fourth-order valence-electron chi connectivity index (χ4n) is 8.32. The molecule has 2 aromatic carbocycles. The van der Waals surface area contributed by atoms with Crippen LogP contribution in [-0.4, -0.2) is 64.4 Å².